The van der Waals surface area contributed by atoms with Crippen molar-refractivity contribution in [3.8, 4) is 11.1 Å². The summed E-state index contributed by atoms with van der Waals surface area (Å²) in [6, 6.07) is 12.8. The molecule has 0 heterocycles. The maximum absolute atomic E-state index is 14.3. The van der Waals surface area contributed by atoms with Crippen molar-refractivity contribution in [1.29, 1.82) is 0 Å². The molecule has 0 aromatic heterocycles. The van der Waals surface area contributed by atoms with Gasteiger partial charge in [0.15, 0.2) is 0 Å². The molecule has 0 unspecified atom stereocenters. The average molecular weight is 432 g/mol. The molecule has 0 fully saturated rings. The molecular weight excluding hydrogens is 393 g/mol. The molecule has 2 rings (SSSR count). The molecule has 0 saturated heterocycles. The van der Waals surface area contributed by atoms with Crippen molar-refractivity contribution in [2.75, 3.05) is 0 Å². The first-order chi connectivity index (χ1) is 14.1. The Balaban J connectivity index is 0.000000565. The summed E-state index contributed by atoms with van der Waals surface area (Å²) < 4.78 is 14.3. The van der Waals surface area contributed by atoms with Crippen LogP contribution in [-0.2, 0) is 0 Å². The first-order valence-electron chi connectivity index (χ1n) is 10.8. The lowest BCUT2D eigenvalue weighted by Crippen LogP contribution is -2.03. The third-order valence-electron chi connectivity index (χ3n) is 4.27. The summed E-state index contributed by atoms with van der Waals surface area (Å²) in [7, 11) is 0. The van der Waals surface area contributed by atoms with E-state index in [1.165, 1.54) is 0 Å². The second-order valence-corrected chi connectivity index (χ2v) is 8.20. The van der Waals surface area contributed by atoms with Gasteiger partial charge in [0.25, 0.3) is 0 Å². The summed E-state index contributed by atoms with van der Waals surface area (Å²) in [6.07, 6.45) is 6.14. The lowest BCUT2D eigenvalue weighted by atomic mass is 9.96. The van der Waals surface area contributed by atoms with Gasteiger partial charge in [-0.3, -0.25) is 0 Å². The van der Waals surface area contributed by atoms with Gasteiger partial charge in [-0.05, 0) is 35.5 Å². The summed E-state index contributed by atoms with van der Waals surface area (Å²) in [6.45, 7) is 16.4. The molecule has 0 atom stereocenters. The van der Waals surface area contributed by atoms with E-state index in [1.807, 2.05) is 70.2 Å². The van der Waals surface area contributed by atoms with Crippen LogP contribution in [0.15, 0.2) is 66.4 Å². The van der Waals surface area contributed by atoms with Gasteiger partial charge in [-0.25, -0.2) is 4.39 Å². The molecule has 0 aliphatic rings. The highest BCUT2D eigenvalue weighted by molar-refractivity contribution is 6.33. The van der Waals surface area contributed by atoms with Crippen LogP contribution < -0.4 is 5.73 Å². The van der Waals surface area contributed by atoms with Crippen molar-refractivity contribution in [2.24, 2.45) is 17.6 Å². The Labute approximate surface area is 188 Å². The predicted molar refractivity (Wildman–Crippen MR) is 133 cm³/mol. The fraction of sp³-hybridized carbons (Fsp3) is 0.407. The quantitative estimate of drug-likeness (QED) is 0.469. The maximum Gasteiger partial charge on any atom is 0.134 e. The molecule has 0 aliphatic carbocycles. The Morgan fingerprint density at radius 1 is 0.900 bits per heavy atom. The lowest BCUT2D eigenvalue weighted by molar-refractivity contribution is 0.602. The van der Waals surface area contributed by atoms with Crippen molar-refractivity contribution in [3.05, 3.63) is 82.8 Å². The van der Waals surface area contributed by atoms with Crippen molar-refractivity contribution in [3.63, 3.8) is 0 Å². The van der Waals surface area contributed by atoms with E-state index in [-0.39, 0.29) is 11.7 Å². The number of allylic oxidation sites excluding steroid dienone is 4. The minimum absolute atomic E-state index is 0.164. The van der Waals surface area contributed by atoms with E-state index in [0.717, 1.165) is 16.8 Å². The fourth-order valence-corrected chi connectivity index (χ4v) is 2.70. The Kier molecular flexibility index (Phi) is 13.8. The van der Waals surface area contributed by atoms with Crippen molar-refractivity contribution >= 4 is 11.6 Å². The van der Waals surface area contributed by atoms with Crippen molar-refractivity contribution in [1.82, 2.24) is 0 Å². The van der Waals surface area contributed by atoms with E-state index in [2.05, 4.69) is 33.8 Å². The highest BCUT2D eigenvalue weighted by atomic mass is 35.5. The van der Waals surface area contributed by atoms with Gasteiger partial charge < -0.3 is 5.73 Å². The largest absolute Gasteiger partial charge is 0.402 e. The molecule has 0 bridgehead atoms. The normalized spacial score (nSPS) is 11.4. The molecular formula is C27H39ClFN. The van der Waals surface area contributed by atoms with Gasteiger partial charge in [0.2, 0.25) is 0 Å². The zero-order valence-corrected chi connectivity index (χ0v) is 20.6. The monoisotopic (exact) mass is 431 g/mol. The van der Waals surface area contributed by atoms with Gasteiger partial charge >= 0.3 is 0 Å². The summed E-state index contributed by atoms with van der Waals surface area (Å²) in [5, 5.41) is 0.576. The molecule has 0 saturated carbocycles. The molecule has 166 valence electrons. The Bertz CT molecular complexity index is 804. The molecule has 0 amide bonds. The molecule has 0 radical (unpaired) electrons. The molecule has 2 N–H and O–H groups in total. The average Bonchev–Trinajstić information content (AvgIpc) is 2.70. The molecule has 0 spiro atoms. The first-order valence-corrected chi connectivity index (χ1v) is 11.2. The van der Waals surface area contributed by atoms with Gasteiger partial charge in [-0.2, -0.15) is 0 Å². The zero-order chi connectivity index (χ0) is 23.3. The van der Waals surface area contributed by atoms with Crippen LogP contribution >= 0.6 is 11.6 Å². The van der Waals surface area contributed by atoms with Gasteiger partial charge in [0, 0.05) is 21.8 Å². The minimum Gasteiger partial charge on any atom is -0.402 e. The Morgan fingerprint density at radius 2 is 1.47 bits per heavy atom. The second-order valence-electron chi connectivity index (χ2n) is 7.79. The molecule has 1 nitrogen and oxygen atoms in total. The molecule has 2 aromatic carbocycles. The van der Waals surface area contributed by atoms with E-state index in [1.54, 1.807) is 12.1 Å². The van der Waals surface area contributed by atoms with E-state index >= 15 is 0 Å². The van der Waals surface area contributed by atoms with Gasteiger partial charge in [-0.1, -0.05) is 116 Å². The summed E-state index contributed by atoms with van der Waals surface area (Å²) in [5.74, 6) is 1.05. The molecule has 30 heavy (non-hydrogen) atoms. The number of nitrogens with two attached hydrogens (primary N) is 1. The Morgan fingerprint density at radius 3 is 1.97 bits per heavy atom. The van der Waals surface area contributed by atoms with E-state index in [9.17, 15) is 4.39 Å². The number of halogens is 2. The van der Waals surface area contributed by atoms with Crippen LogP contribution in [0.3, 0.4) is 0 Å². The predicted octanol–water partition coefficient (Wildman–Crippen LogP) is 8.99. The van der Waals surface area contributed by atoms with E-state index in [0.29, 0.717) is 22.4 Å². The SMILES string of the molecule is CC.CC(C)/C=C\C=C(/N)C(C)C.CC(C)c1cccc(-c2ccccc2Cl)c1F. The van der Waals surface area contributed by atoms with Crippen LogP contribution in [0.1, 0.15) is 66.9 Å². The summed E-state index contributed by atoms with van der Waals surface area (Å²) in [4.78, 5) is 0. The van der Waals surface area contributed by atoms with Crippen LogP contribution in [0.5, 0.6) is 0 Å². The number of hydrogen-bond acceptors (Lipinski definition) is 1. The summed E-state index contributed by atoms with van der Waals surface area (Å²) >= 11 is 6.10. The second kappa shape index (κ2) is 14.8. The van der Waals surface area contributed by atoms with Crippen LogP contribution in [-0.4, -0.2) is 0 Å². The highest BCUT2D eigenvalue weighted by Crippen LogP contribution is 2.32. The Hall–Kier alpha value is -2.06. The third kappa shape index (κ3) is 9.63. The van der Waals surface area contributed by atoms with Crippen molar-refractivity contribution < 1.29 is 4.39 Å². The van der Waals surface area contributed by atoms with Crippen LogP contribution in [0.2, 0.25) is 5.02 Å². The van der Waals surface area contributed by atoms with Crippen LogP contribution in [0.25, 0.3) is 11.1 Å². The molecule has 3 heteroatoms. The van der Waals surface area contributed by atoms with Crippen molar-refractivity contribution in [2.45, 2.75) is 61.3 Å². The van der Waals surface area contributed by atoms with E-state index in [4.69, 9.17) is 17.3 Å². The molecule has 2 aromatic rings. The van der Waals surface area contributed by atoms with Crippen LogP contribution in [0, 0.1) is 17.7 Å². The third-order valence-corrected chi connectivity index (χ3v) is 4.60. The standard InChI is InChI=1S/C15H14ClF.C10H19N.C2H6/c1-10(2)11-7-5-8-13(15(11)17)12-6-3-4-9-14(12)16;1-8(2)6-5-7-10(11)9(3)4;1-2/h3-10H,1-2H3;5-9H,11H2,1-4H3;1-2H3/b;6-5-,10-7-;. The first kappa shape index (κ1) is 27.9. The topological polar surface area (TPSA) is 26.0 Å². The van der Waals surface area contributed by atoms with E-state index < -0.39 is 0 Å². The summed E-state index contributed by atoms with van der Waals surface area (Å²) in [5.41, 5.74) is 8.70. The number of hydrogen-bond donors (Lipinski definition) is 1. The number of benzene rings is 2. The van der Waals surface area contributed by atoms with Gasteiger partial charge in [0.05, 0.1) is 0 Å². The zero-order valence-electron chi connectivity index (χ0n) is 19.8. The lowest BCUT2D eigenvalue weighted by Gasteiger charge is -2.12. The van der Waals surface area contributed by atoms with Gasteiger partial charge in [-0.15, -0.1) is 0 Å². The number of rotatable bonds is 5. The maximum atomic E-state index is 14.3. The highest BCUT2D eigenvalue weighted by Gasteiger charge is 2.13. The van der Waals surface area contributed by atoms with Crippen LogP contribution in [0.4, 0.5) is 4.39 Å². The minimum atomic E-state index is -0.171. The fourth-order valence-electron chi connectivity index (χ4n) is 2.46. The smallest absolute Gasteiger partial charge is 0.134 e. The van der Waals surface area contributed by atoms with Gasteiger partial charge in [0.1, 0.15) is 5.82 Å². The molecule has 0 aliphatic heterocycles.